The van der Waals surface area contributed by atoms with Gasteiger partial charge in [-0.25, -0.2) is 4.39 Å². The number of benzene rings is 3. The van der Waals surface area contributed by atoms with Crippen molar-refractivity contribution in [1.82, 2.24) is 4.90 Å². The Kier molecular flexibility index (Phi) is 9.16. The number of amides is 1. The molecule has 43 heavy (non-hydrogen) atoms. The van der Waals surface area contributed by atoms with E-state index in [4.69, 9.17) is 32.7 Å². The summed E-state index contributed by atoms with van der Waals surface area (Å²) < 4.78 is 27.2. The van der Waals surface area contributed by atoms with E-state index in [1.807, 2.05) is 6.92 Å². The number of hydrogen-bond acceptors (Lipinski definition) is 6. The molecule has 0 spiro atoms. The number of halogens is 3. The number of fused-ring (bicyclic) bond motifs is 1. The monoisotopic (exact) mass is 629 g/mol. The van der Waals surface area contributed by atoms with E-state index in [1.165, 1.54) is 36.4 Å². The fourth-order valence-corrected chi connectivity index (χ4v) is 6.69. The molecule has 2 N–H and O–H groups in total. The van der Waals surface area contributed by atoms with E-state index in [9.17, 15) is 19.8 Å². The molecule has 10 heteroatoms. The Hall–Kier alpha value is -3.01. The Bertz CT molecular complexity index is 1490. The van der Waals surface area contributed by atoms with Gasteiger partial charge in [0.05, 0.1) is 35.8 Å². The van der Waals surface area contributed by atoms with Crippen LogP contribution in [0.1, 0.15) is 78.2 Å². The third-order valence-electron chi connectivity index (χ3n) is 8.65. The van der Waals surface area contributed by atoms with Crippen LogP contribution in [0.4, 0.5) is 4.39 Å². The summed E-state index contributed by atoms with van der Waals surface area (Å²) in [5.41, 5.74) is -3.22. The summed E-state index contributed by atoms with van der Waals surface area (Å²) in [7, 11) is 0. The highest BCUT2D eigenvalue weighted by Gasteiger charge is 2.56. The summed E-state index contributed by atoms with van der Waals surface area (Å²) in [4.78, 5) is 28.5. The minimum absolute atomic E-state index is 0.103. The third-order valence-corrected chi connectivity index (χ3v) is 9.15. The maximum Gasteiger partial charge on any atom is 0.308 e. The maximum absolute atomic E-state index is 16.5. The first-order chi connectivity index (χ1) is 20.5. The lowest BCUT2D eigenvalue weighted by Gasteiger charge is -2.40. The van der Waals surface area contributed by atoms with Gasteiger partial charge in [0.1, 0.15) is 5.82 Å². The van der Waals surface area contributed by atoms with Gasteiger partial charge >= 0.3 is 5.97 Å². The van der Waals surface area contributed by atoms with Crippen LogP contribution in [0, 0.1) is 11.7 Å². The lowest BCUT2D eigenvalue weighted by atomic mass is 9.74. The summed E-state index contributed by atoms with van der Waals surface area (Å²) in [5.74, 6) is -2.38. The van der Waals surface area contributed by atoms with E-state index >= 15 is 4.39 Å². The van der Waals surface area contributed by atoms with Gasteiger partial charge in [-0.3, -0.25) is 14.5 Å². The molecule has 0 bridgehead atoms. The van der Waals surface area contributed by atoms with Gasteiger partial charge < -0.3 is 19.7 Å². The molecule has 0 radical (unpaired) electrons. The van der Waals surface area contributed by atoms with Crippen LogP contribution in [0.3, 0.4) is 0 Å². The molecule has 2 aliphatic heterocycles. The molecule has 0 saturated carbocycles. The predicted molar refractivity (Wildman–Crippen MR) is 160 cm³/mol. The van der Waals surface area contributed by atoms with Gasteiger partial charge in [0.25, 0.3) is 5.91 Å². The van der Waals surface area contributed by atoms with Gasteiger partial charge in [-0.1, -0.05) is 54.4 Å². The zero-order chi connectivity index (χ0) is 30.9. The van der Waals surface area contributed by atoms with Crippen LogP contribution in [-0.4, -0.2) is 46.8 Å². The van der Waals surface area contributed by atoms with Crippen molar-refractivity contribution in [2.45, 2.75) is 56.9 Å². The van der Waals surface area contributed by atoms with E-state index in [0.29, 0.717) is 41.7 Å². The van der Waals surface area contributed by atoms with Crippen LogP contribution in [0.15, 0.2) is 60.7 Å². The number of hydrogen-bond donors (Lipinski definition) is 2. The molecule has 1 fully saturated rings. The largest absolute Gasteiger partial charge is 0.466 e. The van der Waals surface area contributed by atoms with E-state index in [2.05, 4.69) is 0 Å². The number of rotatable bonds is 9. The Morgan fingerprint density at radius 1 is 1.09 bits per heavy atom. The van der Waals surface area contributed by atoms with Crippen LogP contribution in [0.2, 0.25) is 10.0 Å². The van der Waals surface area contributed by atoms with Crippen LogP contribution in [0.25, 0.3) is 0 Å². The van der Waals surface area contributed by atoms with Gasteiger partial charge in [-0.15, -0.1) is 0 Å². The van der Waals surface area contributed by atoms with Crippen LogP contribution in [0.5, 0.6) is 0 Å². The summed E-state index contributed by atoms with van der Waals surface area (Å²) in [6.07, 6.45) is 1.12. The van der Waals surface area contributed by atoms with Gasteiger partial charge in [-0.05, 0) is 79.6 Å². The molecule has 3 atom stereocenters. The molecule has 2 heterocycles. The SMILES string of the molecule is CCOC(=O)CC(c1ccc(Cl)cc1)N1C(=O)c2cc(C(O)(CC)C3CCOCC3)cc(F)c2C1(O)c1ccc(Cl)cc1. The summed E-state index contributed by atoms with van der Waals surface area (Å²) >= 11 is 12.3. The number of ether oxygens (including phenoxy) is 2. The van der Waals surface area contributed by atoms with Crippen molar-refractivity contribution < 1.29 is 33.7 Å². The van der Waals surface area contributed by atoms with Gasteiger partial charge in [0.15, 0.2) is 5.72 Å². The quantitative estimate of drug-likeness (QED) is 0.262. The number of carbonyl (C=O) groups excluding carboxylic acids is 2. The molecule has 0 aromatic heterocycles. The average molecular weight is 631 g/mol. The van der Waals surface area contributed by atoms with Crippen molar-refractivity contribution in [3.8, 4) is 0 Å². The molecule has 5 rings (SSSR count). The fourth-order valence-electron chi connectivity index (χ4n) is 6.43. The minimum atomic E-state index is -2.33. The Balaban J connectivity index is 1.72. The Labute approximate surface area is 260 Å². The standard InChI is InChI=1S/C33H34Cl2FNO6/c1-3-32(40,21-13-15-42-16-14-21)23-17-26-30(27(36)18-23)33(41,22-7-11-25(35)12-8-22)37(31(26)39)28(19-29(38)43-4-2)20-5-9-24(34)10-6-20/h5-12,17-18,21,28,40-41H,3-4,13-16,19H2,1-2H3. The van der Waals surface area contributed by atoms with Gasteiger partial charge in [0.2, 0.25) is 0 Å². The predicted octanol–water partition coefficient (Wildman–Crippen LogP) is 6.50. The fraction of sp³-hybridized carbons (Fsp3) is 0.394. The van der Waals surface area contributed by atoms with E-state index in [-0.39, 0.29) is 47.6 Å². The van der Waals surface area contributed by atoms with Crippen molar-refractivity contribution in [2.24, 2.45) is 5.92 Å². The van der Waals surface area contributed by atoms with Crippen molar-refractivity contribution >= 4 is 35.1 Å². The summed E-state index contributed by atoms with van der Waals surface area (Å²) in [6, 6.07) is 14.2. The number of aliphatic hydroxyl groups is 2. The van der Waals surface area contributed by atoms with E-state index in [1.54, 1.807) is 31.2 Å². The molecule has 3 aromatic carbocycles. The van der Waals surface area contributed by atoms with Crippen LogP contribution in [-0.2, 0) is 25.6 Å². The molecule has 7 nitrogen and oxygen atoms in total. The van der Waals surface area contributed by atoms with E-state index < -0.39 is 35.1 Å². The highest BCUT2D eigenvalue weighted by molar-refractivity contribution is 6.30. The lowest BCUT2D eigenvalue weighted by Crippen LogP contribution is -2.47. The Morgan fingerprint density at radius 3 is 2.28 bits per heavy atom. The van der Waals surface area contributed by atoms with Gasteiger partial charge in [0, 0.05) is 28.8 Å². The second kappa shape index (κ2) is 12.5. The van der Waals surface area contributed by atoms with E-state index in [0.717, 1.165) is 4.90 Å². The zero-order valence-electron chi connectivity index (χ0n) is 24.0. The molecule has 228 valence electrons. The van der Waals surface area contributed by atoms with Gasteiger partial charge in [-0.2, -0.15) is 0 Å². The smallest absolute Gasteiger partial charge is 0.308 e. The van der Waals surface area contributed by atoms with Crippen LogP contribution < -0.4 is 0 Å². The number of carbonyl (C=O) groups is 2. The molecular formula is C33H34Cl2FNO6. The topological polar surface area (TPSA) is 96.3 Å². The minimum Gasteiger partial charge on any atom is -0.466 e. The summed E-state index contributed by atoms with van der Waals surface area (Å²) in [5, 5.41) is 25.3. The second-order valence-corrected chi connectivity index (χ2v) is 11.8. The first-order valence-corrected chi connectivity index (χ1v) is 15.2. The molecule has 0 aliphatic carbocycles. The lowest BCUT2D eigenvalue weighted by molar-refractivity contribution is -0.146. The average Bonchev–Trinajstić information content (AvgIpc) is 3.24. The molecular weight excluding hydrogens is 596 g/mol. The highest BCUT2D eigenvalue weighted by atomic mass is 35.5. The first-order valence-electron chi connectivity index (χ1n) is 14.4. The van der Waals surface area contributed by atoms with Crippen molar-refractivity contribution in [3.63, 3.8) is 0 Å². The number of esters is 1. The Morgan fingerprint density at radius 2 is 1.70 bits per heavy atom. The molecule has 3 aromatic rings. The normalized spacial score (nSPS) is 20.9. The summed E-state index contributed by atoms with van der Waals surface area (Å²) in [6.45, 7) is 4.54. The first kappa shape index (κ1) is 31.4. The number of nitrogens with zero attached hydrogens (tertiary/aromatic N) is 1. The molecule has 2 aliphatic rings. The van der Waals surface area contributed by atoms with Crippen molar-refractivity contribution in [3.05, 3.63) is 104 Å². The second-order valence-electron chi connectivity index (χ2n) is 11.0. The molecule has 1 amide bonds. The van der Waals surface area contributed by atoms with Crippen molar-refractivity contribution in [2.75, 3.05) is 19.8 Å². The third kappa shape index (κ3) is 5.67. The maximum atomic E-state index is 16.5. The highest BCUT2D eigenvalue weighted by Crippen LogP contribution is 2.51. The van der Waals surface area contributed by atoms with Crippen molar-refractivity contribution in [1.29, 1.82) is 0 Å². The zero-order valence-corrected chi connectivity index (χ0v) is 25.5. The molecule has 3 unspecified atom stereocenters. The molecule has 1 saturated heterocycles. The van der Waals surface area contributed by atoms with Crippen LogP contribution >= 0.6 is 23.2 Å².